The maximum atomic E-state index is 5.54. The van der Waals surface area contributed by atoms with E-state index in [4.69, 9.17) is 4.74 Å². The van der Waals surface area contributed by atoms with Gasteiger partial charge in [-0.05, 0) is 32.1 Å². The van der Waals surface area contributed by atoms with Crippen LogP contribution in [0.5, 0.6) is 0 Å². The maximum Gasteiger partial charge on any atom is 0.0920 e. The van der Waals surface area contributed by atoms with E-state index in [-0.39, 0.29) is 21.1 Å². The van der Waals surface area contributed by atoms with Crippen molar-refractivity contribution in [1.29, 1.82) is 0 Å². The fourth-order valence-electron chi connectivity index (χ4n) is 1.82. The summed E-state index contributed by atoms with van der Waals surface area (Å²) in [6, 6.07) is 0. The van der Waals surface area contributed by atoms with Gasteiger partial charge in [-0.25, -0.2) is 0 Å². The Bertz CT molecular complexity index is 138. The molecule has 0 spiro atoms. The fraction of sp³-hybridized carbons (Fsp3) is 1.00. The van der Waals surface area contributed by atoms with Gasteiger partial charge in [-0.2, -0.15) is 0 Å². The van der Waals surface area contributed by atoms with E-state index in [2.05, 4.69) is 13.8 Å². The molecule has 0 aromatic heterocycles. The molecule has 2 rings (SSSR count). The molecule has 2 heteroatoms. The summed E-state index contributed by atoms with van der Waals surface area (Å²) in [6.07, 6.45) is 4.59. The summed E-state index contributed by atoms with van der Waals surface area (Å²) in [5.41, 5.74) is 0.326. The number of hydrogen-bond donors (Lipinski definition) is 0. The van der Waals surface area contributed by atoms with E-state index >= 15 is 0 Å². The molecule has 1 saturated carbocycles. The first-order valence-electron chi connectivity index (χ1n) is 4.88. The van der Waals surface area contributed by atoms with Crippen LogP contribution in [0.1, 0.15) is 47.0 Å². The van der Waals surface area contributed by atoms with Crippen LogP contribution in [0.15, 0.2) is 0 Å². The maximum absolute atomic E-state index is 5.54. The zero-order valence-electron chi connectivity index (χ0n) is 8.59. The summed E-state index contributed by atoms with van der Waals surface area (Å²) >= 11 is 0. The first-order chi connectivity index (χ1) is 5.21. The first kappa shape index (κ1) is 12.6. The van der Waals surface area contributed by atoms with Crippen LogP contribution >= 0.6 is 0 Å². The van der Waals surface area contributed by atoms with Crippen molar-refractivity contribution in [2.45, 2.75) is 58.7 Å². The van der Waals surface area contributed by atoms with Gasteiger partial charge in [0, 0.05) is 21.1 Å². The molecule has 1 aliphatic carbocycles. The molecule has 0 aromatic rings. The molecule has 1 aliphatic heterocycles. The van der Waals surface area contributed by atoms with Crippen molar-refractivity contribution in [3.63, 3.8) is 0 Å². The van der Waals surface area contributed by atoms with Crippen LogP contribution in [0.25, 0.3) is 0 Å². The zero-order valence-corrected chi connectivity index (χ0v) is 11.5. The molecule has 2 fully saturated rings. The van der Waals surface area contributed by atoms with Gasteiger partial charge in [-0.15, -0.1) is 0 Å². The molecule has 0 bridgehead atoms. The van der Waals surface area contributed by atoms with Crippen LogP contribution in [0, 0.1) is 5.92 Å². The number of ether oxygens (including phenoxy) is 1. The third-order valence-corrected chi connectivity index (χ3v) is 2.79. The molecule has 1 saturated heterocycles. The van der Waals surface area contributed by atoms with Crippen LogP contribution in [0.2, 0.25) is 0 Å². The zero-order chi connectivity index (χ0) is 8.48. The minimum absolute atomic E-state index is 0. The summed E-state index contributed by atoms with van der Waals surface area (Å²) in [7, 11) is 0. The van der Waals surface area contributed by atoms with Gasteiger partial charge in [0.05, 0.1) is 11.7 Å². The Morgan fingerprint density at radius 2 is 1.92 bits per heavy atom. The molecule has 0 radical (unpaired) electrons. The van der Waals surface area contributed by atoms with Crippen molar-refractivity contribution in [2.75, 3.05) is 0 Å². The van der Waals surface area contributed by atoms with E-state index in [1.165, 1.54) is 19.3 Å². The van der Waals surface area contributed by atoms with Gasteiger partial charge < -0.3 is 4.74 Å². The molecule has 12 heavy (non-hydrogen) atoms. The van der Waals surface area contributed by atoms with Gasteiger partial charge in [0.2, 0.25) is 0 Å². The van der Waals surface area contributed by atoms with Gasteiger partial charge in [0.15, 0.2) is 0 Å². The van der Waals surface area contributed by atoms with Gasteiger partial charge in [0.1, 0.15) is 0 Å². The summed E-state index contributed by atoms with van der Waals surface area (Å²) in [6.45, 7) is 8.56. The van der Waals surface area contributed by atoms with E-state index < -0.39 is 0 Å². The van der Waals surface area contributed by atoms with Gasteiger partial charge >= 0.3 is 0 Å². The molecule has 2 aliphatic rings. The van der Waals surface area contributed by atoms with Crippen LogP contribution in [0.4, 0.5) is 0 Å². The summed E-state index contributed by atoms with van der Waals surface area (Å²) < 4.78 is 5.54. The van der Waals surface area contributed by atoms with Crippen LogP contribution in [0.3, 0.4) is 0 Å². The molecule has 0 N–H and O–H groups in total. The smallest absolute Gasteiger partial charge is 0.0920 e. The summed E-state index contributed by atoms with van der Waals surface area (Å²) in [5, 5.41) is 0. The molecule has 3 unspecified atom stereocenters. The Kier molecular flexibility index (Phi) is 5.02. The van der Waals surface area contributed by atoms with E-state index in [1.807, 2.05) is 13.8 Å². The largest absolute Gasteiger partial charge is 0.366 e. The van der Waals surface area contributed by atoms with Crippen LogP contribution in [-0.4, -0.2) is 11.7 Å². The molecule has 0 amide bonds. The molecular weight excluding hydrogens is 320 g/mol. The average molecular weight is 340 g/mol. The Morgan fingerprint density at radius 1 is 1.33 bits per heavy atom. The van der Waals surface area contributed by atoms with Crippen LogP contribution < -0.4 is 0 Å². The second-order valence-corrected chi connectivity index (χ2v) is 3.80. The molecule has 1 nitrogen and oxygen atoms in total. The van der Waals surface area contributed by atoms with Crippen molar-refractivity contribution in [3.05, 3.63) is 0 Å². The SMILES string of the molecule is CC.CC1CCC2(C)OC2C1.[W]. The van der Waals surface area contributed by atoms with Crippen molar-refractivity contribution in [1.82, 2.24) is 0 Å². The predicted octanol–water partition coefficient (Wildman–Crippen LogP) is 2.99. The number of epoxide rings is 1. The van der Waals surface area contributed by atoms with E-state index in [0.717, 1.165) is 5.92 Å². The number of rotatable bonds is 0. The van der Waals surface area contributed by atoms with E-state index in [0.29, 0.717) is 11.7 Å². The minimum Gasteiger partial charge on any atom is -0.366 e. The topological polar surface area (TPSA) is 12.5 Å². The molecule has 1 heterocycles. The van der Waals surface area contributed by atoms with E-state index in [1.54, 1.807) is 0 Å². The van der Waals surface area contributed by atoms with Crippen molar-refractivity contribution < 1.29 is 25.8 Å². The third kappa shape index (κ3) is 2.57. The third-order valence-electron chi connectivity index (χ3n) is 2.79. The summed E-state index contributed by atoms with van der Waals surface area (Å²) in [4.78, 5) is 0. The predicted molar refractivity (Wildman–Crippen MR) is 47.6 cm³/mol. The number of hydrogen-bond acceptors (Lipinski definition) is 1. The standard InChI is InChI=1S/C8H14O.C2H6.W/c1-6-3-4-8(2)7(5-6)9-8;1-2;/h6-7H,3-5H2,1-2H3;1-2H3;. The Balaban J connectivity index is 0.000000378. The monoisotopic (exact) mass is 340 g/mol. The van der Waals surface area contributed by atoms with Crippen molar-refractivity contribution in [3.8, 4) is 0 Å². The number of fused-ring (bicyclic) bond motifs is 1. The summed E-state index contributed by atoms with van der Waals surface area (Å²) in [5.74, 6) is 0.908. The van der Waals surface area contributed by atoms with Gasteiger partial charge in [-0.1, -0.05) is 20.8 Å². The quantitative estimate of drug-likeness (QED) is 0.618. The Morgan fingerprint density at radius 3 is 2.33 bits per heavy atom. The van der Waals surface area contributed by atoms with Gasteiger partial charge in [0.25, 0.3) is 0 Å². The second kappa shape index (κ2) is 4.77. The second-order valence-electron chi connectivity index (χ2n) is 3.80. The molecule has 3 atom stereocenters. The van der Waals surface area contributed by atoms with Gasteiger partial charge in [-0.3, -0.25) is 0 Å². The first-order valence-corrected chi connectivity index (χ1v) is 4.88. The Hall–Kier alpha value is 0.648. The van der Waals surface area contributed by atoms with Crippen molar-refractivity contribution in [2.24, 2.45) is 5.92 Å². The van der Waals surface area contributed by atoms with Crippen molar-refractivity contribution >= 4 is 0 Å². The minimum atomic E-state index is 0. The molecular formula is C10H20OW. The van der Waals surface area contributed by atoms with Crippen LogP contribution in [-0.2, 0) is 25.8 Å². The Labute approximate surface area is 90.5 Å². The fourth-order valence-corrected chi connectivity index (χ4v) is 1.82. The van der Waals surface area contributed by atoms with E-state index in [9.17, 15) is 0 Å². The average Bonchev–Trinajstić information content (AvgIpc) is 2.65. The molecule has 72 valence electrons. The normalized spacial score (nSPS) is 43.0. The molecule has 0 aromatic carbocycles.